The molecule has 3 aromatic rings. The van der Waals surface area contributed by atoms with Gasteiger partial charge in [-0.3, -0.25) is 24.1 Å². The molecule has 2 aliphatic heterocycles. The Morgan fingerprint density at radius 2 is 1.64 bits per heavy atom. The number of carbonyl (C=O) groups excluding carboxylic acids is 4. The molecule has 3 fully saturated rings. The van der Waals surface area contributed by atoms with Crippen molar-refractivity contribution in [1.29, 1.82) is 0 Å². The summed E-state index contributed by atoms with van der Waals surface area (Å²) in [5, 5.41) is 8.96. The fourth-order valence-electron chi connectivity index (χ4n) is 8.02. The van der Waals surface area contributed by atoms with E-state index in [1.807, 2.05) is 24.3 Å². The quantitative estimate of drug-likeness (QED) is 0.294. The summed E-state index contributed by atoms with van der Waals surface area (Å²) in [6.07, 6.45) is 2.52. The van der Waals surface area contributed by atoms with Gasteiger partial charge in [0.1, 0.15) is 18.2 Å². The van der Waals surface area contributed by atoms with Crippen LogP contribution in [0.15, 0.2) is 84.4 Å². The average molecular weight is 629 g/mol. The second-order valence-corrected chi connectivity index (χ2v) is 12.7. The molecule has 0 bridgehead atoms. The number of hydrogen-bond donors (Lipinski definition) is 1. The number of imide groups is 2. The summed E-state index contributed by atoms with van der Waals surface area (Å²) >= 11 is 6.07. The number of para-hydroxylation sites is 1. The predicted octanol–water partition coefficient (Wildman–Crippen LogP) is 5.29. The number of ether oxygens (including phenoxy) is 1. The number of rotatable bonds is 6. The van der Waals surface area contributed by atoms with E-state index in [-0.39, 0.29) is 42.2 Å². The highest BCUT2D eigenvalue weighted by Gasteiger charge is 2.67. The maximum absolute atomic E-state index is 14.5. The lowest BCUT2D eigenvalue weighted by Gasteiger charge is -2.49. The van der Waals surface area contributed by atoms with Crippen molar-refractivity contribution < 1.29 is 33.4 Å². The van der Waals surface area contributed by atoms with E-state index in [1.54, 1.807) is 43.3 Å². The maximum atomic E-state index is 14.5. The molecule has 0 aromatic heterocycles. The smallest absolute Gasteiger partial charge is 0.241 e. The summed E-state index contributed by atoms with van der Waals surface area (Å²) in [5.74, 6) is -4.74. The summed E-state index contributed by atoms with van der Waals surface area (Å²) in [6, 6.07) is 19.8. The lowest BCUT2D eigenvalue weighted by molar-refractivity contribution is -0.131. The Morgan fingerprint density at radius 3 is 2.33 bits per heavy atom. The van der Waals surface area contributed by atoms with Crippen LogP contribution >= 0.6 is 11.6 Å². The Bertz CT molecular complexity index is 1760. The SMILES string of the molecule is C[C@@]12C(=O)N(c3ccc(F)c(Cl)c3)C(=O)[C@@H]1C[C@@H]1C(=CC[C@@H]3C(=O)N(c4ccccc4)C(=O)[C@@H]31)[C@@H]2c1ccc(OCCO)cc1. The van der Waals surface area contributed by atoms with Gasteiger partial charge in [0.2, 0.25) is 23.6 Å². The van der Waals surface area contributed by atoms with Crippen LogP contribution < -0.4 is 14.5 Å². The zero-order valence-electron chi connectivity index (χ0n) is 24.4. The molecule has 0 radical (unpaired) electrons. The van der Waals surface area contributed by atoms with Crippen LogP contribution in [0.25, 0.3) is 0 Å². The van der Waals surface area contributed by atoms with Crippen LogP contribution in [-0.4, -0.2) is 41.9 Å². The zero-order chi connectivity index (χ0) is 31.6. The minimum atomic E-state index is -1.24. The molecule has 0 spiro atoms. The largest absolute Gasteiger partial charge is 0.491 e. The maximum Gasteiger partial charge on any atom is 0.241 e. The van der Waals surface area contributed by atoms with E-state index in [4.69, 9.17) is 16.3 Å². The van der Waals surface area contributed by atoms with Gasteiger partial charge in [0.15, 0.2) is 0 Å². The van der Waals surface area contributed by atoms with Crippen LogP contribution in [0, 0.1) is 34.9 Å². The van der Waals surface area contributed by atoms with Gasteiger partial charge in [-0.15, -0.1) is 0 Å². The van der Waals surface area contributed by atoms with Crippen LogP contribution in [0.2, 0.25) is 5.02 Å². The topological polar surface area (TPSA) is 104 Å². The van der Waals surface area contributed by atoms with Crippen molar-refractivity contribution in [2.75, 3.05) is 23.0 Å². The summed E-state index contributed by atoms with van der Waals surface area (Å²) in [7, 11) is 0. The van der Waals surface area contributed by atoms with Crippen molar-refractivity contribution >= 4 is 46.6 Å². The number of fused-ring (bicyclic) bond motifs is 4. The summed E-state index contributed by atoms with van der Waals surface area (Å²) in [5.41, 5.74) is 1.05. The molecule has 1 saturated carbocycles. The first-order chi connectivity index (χ1) is 21.7. The molecular formula is C35H30ClFN2O6. The molecule has 230 valence electrons. The van der Waals surface area contributed by atoms with Crippen LogP contribution in [0.1, 0.15) is 31.2 Å². The summed E-state index contributed by atoms with van der Waals surface area (Å²) in [6.45, 7) is 1.76. The number of aliphatic hydroxyl groups excluding tert-OH is 1. The van der Waals surface area contributed by atoms with Crippen LogP contribution in [0.3, 0.4) is 0 Å². The van der Waals surface area contributed by atoms with E-state index in [1.165, 1.54) is 17.0 Å². The molecule has 2 aliphatic carbocycles. The van der Waals surface area contributed by atoms with Gasteiger partial charge < -0.3 is 9.84 Å². The number of hydrogen-bond acceptors (Lipinski definition) is 6. The molecule has 1 N–H and O–H groups in total. The molecule has 45 heavy (non-hydrogen) atoms. The molecule has 2 heterocycles. The summed E-state index contributed by atoms with van der Waals surface area (Å²) < 4.78 is 19.6. The van der Waals surface area contributed by atoms with Gasteiger partial charge in [-0.1, -0.05) is 53.6 Å². The molecule has 2 saturated heterocycles. The lowest BCUT2D eigenvalue weighted by Crippen LogP contribution is -2.48. The molecule has 8 nitrogen and oxygen atoms in total. The van der Waals surface area contributed by atoms with E-state index >= 15 is 0 Å². The Morgan fingerprint density at radius 1 is 0.911 bits per heavy atom. The first kappa shape index (κ1) is 29.4. The molecule has 7 rings (SSSR count). The normalized spacial score (nSPS) is 29.0. The van der Waals surface area contributed by atoms with Gasteiger partial charge in [0.25, 0.3) is 0 Å². The number of allylic oxidation sites excluding steroid dienone is 2. The van der Waals surface area contributed by atoms with Gasteiger partial charge in [0, 0.05) is 5.92 Å². The van der Waals surface area contributed by atoms with Crippen molar-refractivity contribution in [3.63, 3.8) is 0 Å². The number of benzene rings is 3. The molecule has 10 heteroatoms. The van der Waals surface area contributed by atoms with E-state index in [9.17, 15) is 28.7 Å². The fourth-order valence-corrected chi connectivity index (χ4v) is 8.19. The predicted molar refractivity (Wildman–Crippen MR) is 164 cm³/mol. The molecular weight excluding hydrogens is 599 g/mol. The molecule has 4 amide bonds. The van der Waals surface area contributed by atoms with Crippen molar-refractivity contribution in [3.05, 3.63) is 101 Å². The number of amides is 4. The van der Waals surface area contributed by atoms with E-state index in [0.29, 0.717) is 17.9 Å². The second-order valence-electron chi connectivity index (χ2n) is 12.2. The molecule has 4 aliphatic rings. The highest BCUT2D eigenvalue weighted by molar-refractivity contribution is 6.32. The monoisotopic (exact) mass is 628 g/mol. The van der Waals surface area contributed by atoms with E-state index in [0.717, 1.165) is 22.1 Å². The number of carbonyl (C=O) groups is 4. The van der Waals surface area contributed by atoms with Crippen molar-refractivity contribution in [2.24, 2.45) is 29.1 Å². The summed E-state index contributed by atoms with van der Waals surface area (Å²) in [4.78, 5) is 58.8. The number of anilines is 2. The Kier molecular flexibility index (Phi) is 7.13. The number of aliphatic hydroxyl groups is 1. The van der Waals surface area contributed by atoms with Gasteiger partial charge in [-0.05, 0) is 73.7 Å². The third-order valence-corrected chi connectivity index (χ3v) is 10.3. The standard InChI is InChI=1S/C35H30ClFN2O6/c1-35-26(32(42)39(34(35)44)21-9-14-28(37)27(36)17-21)18-25-23(30(35)19-7-10-22(11-8-19)45-16-15-40)12-13-24-29(25)33(43)38(31(24)41)20-5-3-2-4-6-20/h2-12,14,17,24-26,29-30,40H,13,15-16,18H2,1H3/t24-,25+,26-,29-,30-,35+/m0/s1. The van der Waals surface area contributed by atoms with Gasteiger partial charge >= 0.3 is 0 Å². The highest BCUT2D eigenvalue weighted by Crippen LogP contribution is 2.63. The third kappa shape index (κ3) is 4.35. The number of halogens is 2. The first-order valence-corrected chi connectivity index (χ1v) is 15.3. The lowest BCUT2D eigenvalue weighted by atomic mass is 9.51. The first-order valence-electron chi connectivity index (χ1n) is 15.0. The molecule has 0 unspecified atom stereocenters. The minimum Gasteiger partial charge on any atom is -0.491 e. The van der Waals surface area contributed by atoms with Crippen molar-refractivity contribution in [3.8, 4) is 5.75 Å². The van der Waals surface area contributed by atoms with Crippen LogP contribution in [0.4, 0.5) is 15.8 Å². The average Bonchev–Trinajstić information content (AvgIpc) is 3.41. The van der Waals surface area contributed by atoms with E-state index in [2.05, 4.69) is 0 Å². The second kappa shape index (κ2) is 10.9. The minimum absolute atomic E-state index is 0.120. The molecule has 6 atom stereocenters. The van der Waals surface area contributed by atoms with Crippen molar-refractivity contribution in [1.82, 2.24) is 0 Å². The van der Waals surface area contributed by atoms with Crippen molar-refractivity contribution in [2.45, 2.75) is 25.7 Å². The highest BCUT2D eigenvalue weighted by atomic mass is 35.5. The van der Waals surface area contributed by atoms with Gasteiger partial charge in [-0.2, -0.15) is 0 Å². The molecule has 3 aromatic carbocycles. The van der Waals surface area contributed by atoms with Gasteiger partial charge in [-0.25, -0.2) is 9.29 Å². The third-order valence-electron chi connectivity index (χ3n) is 10.0. The number of nitrogens with zero attached hydrogens (tertiary/aromatic N) is 2. The fraction of sp³-hybridized carbons (Fsp3) is 0.314. The van der Waals surface area contributed by atoms with Crippen LogP contribution in [-0.2, 0) is 19.2 Å². The van der Waals surface area contributed by atoms with Crippen LogP contribution in [0.5, 0.6) is 5.75 Å². The Labute approximate surface area is 264 Å². The van der Waals surface area contributed by atoms with E-state index < -0.39 is 52.6 Å². The zero-order valence-corrected chi connectivity index (χ0v) is 25.1. The Balaban J connectivity index is 1.34. The Hall–Kier alpha value is -4.34. The van der Waals surface area contributed by atoms with Gasteiger partial charge in [0.05, 0.1) is 46.2 Å².